The van der Waals surface area contributed by atoms with Crippen LogP contribution in [-0.4, -0.2) is 15.2 Å². The maximum atomic E-state index is 12.9. The Morgan fingerprint density at radius 3 is 2.25 bits per heavy atom. The number of halogens is 3. The molecule has 0 aliphatic rings. The fourth-order valence-electron chi connectivity index (χ4n) is 1.79. The van der Waals surface area contributed by atoms with Crippen LogP contribution in [0.3, 0.4) is 0 Å². The smallest absolute Gasteiger partial charge is 0.282 e. The van der Waals surface area contributed by atoms with Crippen LogP contribution in [0.2, 0.25) is 0 Å². The van der Waals surface area contributed by atoms with E-state index in [0.717, 1.165) is 6.20 Å². The summed E-state index contributed by atoms with van der Waals surface area (Å²) in [5.74, 6) is 0. The maximum absolute atomic E-state index is 12.9. The van der Waals surface area contributed by atoms with Crippen molar-refractivity contribution in [1.29, 1.82) is 0 Å². The number of unbranched alkanes of at least 4 members (excludes halogenated alkanes) is 1. The van der Waals surface area contributed by atoms with Crippen molar-refractivity contribution in [1.82, 2.24) is 4.98 Å². The molecule has 3 nitrogen and oxygen atoms in total. The number of nitrogens with zero attached hydrogens (tertiary/aromatic N) is 1. The average Bonchev–Trinajstić information content (AvgIpc) is 2.33. The summed E-state index contributed by atoms with van der Waals surface area (Å²) in [6.07, 6.45) is -2.59. The Morgan fingerprint density at radius 2 is 1.85 bits per heavy atom. The molecule has 0 aromatic carbocycles. The zero-order chi connectivity index (χ0) is 15.5. The van der Waals surface area contributed by atoms with Crippen molar-refractivity contribution < 1.29 is 22.8 Å². The van der Waals surface area contributed by atoms with E-state index in [1.807, 2.05) is 6.92 Å². The molecule has 0 spiro atoms. The van der Waals surface area contributed by atoms with Crippen LogP contribution in [0.4, 0.5) is 13.2 Å². The van der Waals surface area contributed by atoms with E-state index in [9.17, 15) is 22.8 Å². The molecule has 0 radical (unpaired) electrons. The Hall–Kier alpha value is -1.02. The van der Waals surface area contributed by atoms with Crippen LogP contribution in [0.5, 0.6) is 0 Å². The van der Waals surface area contributed by atoms with Gasteiger partial charge in [0.05, 0.1) is 11.1 Å². The van der Waals surface area contributed by atoms with Crippen molar-refractivity contribution in [2.24, 2.45) is 0 Å². The number of alkyl halides is 3. The molecule has 1 rings (SSSR count). The number of pyridine rings is 1. The third-order valence-corrected chi connectivity index (χ3v) is 3.14. The van der Waals surface area contributed by atoms with Gasteiger partial charge in [-0.3, -0.25) is 14.6 Å². The molecule has 1 heterocycles. The molecule has 0 amide bonds. The number of carbonyl (C=O) groups is 2. The van der Waals surface area contributed by atoms with Crippen LogP contribution < -0.4 is 0 Å². The van der Waals surface area contributed by atoms with Gasteiger partial charge in [0.2, 0.25) is 10.2 Å². The van der Waals surface area contributed by atoms with Crippen LogP contribution in [0.25, 0.3) is 0 Å². The number of aromatic nitrogens is 1. The van der Waals surface area contributed by atoms with Gasteiger partial charge in [-0.05, 0) is 18.4 Å². The van der Waals surface area contributed by atoms with E-state index >= 15 is 0 Å². The molecule has 0 N–H and O–H groups in total. The second-order valence-corrected chi connectivity index (χ2v) is 4.90. The summed E-state index contributed by atoms with van der Waals surface area (Å²) >= 11 is 7.09. The lowest BCUT2D eigenvalue weighted by Crippen LogP contribution is -2.18. The second kappa shape index (κ2) is 6.62. The van der Waals surface area contributed by atoms with E-state index in [2.05, 4.69) is 30.2 Å². The van der Waals surface area contributed by atoms with Crippen molar-refractivity contribution in [3.63, 3.8) is 0 Å². The first-order chi connectivity index (χ1) is 9.20. The maximum Gasteiger partial charge on any atom is 0.434 e. The normalized spacial score (nSPS) is 11.5. The van der Waals surface area contributed by atoms with Crippen LogP contribution >= 0.6 is 25.3 Å². The predicted octanol–water partition coefficient (Wildman–Crippen LogP) is 3.58. The Bertz CT molecular complexity index is 544. The number of thiol groups is 2. The fraction of sp³-hybridized carbons (Fsp3) is 0.417. The first kappa shape index (κ1) is 17.0. The Balaban J connectivity index is 3.61. The highest BCUT2D eigenvalue weighted by Gasteiger charge is 2.38. The highest BCUT2D eigenvalue weighted by atomic mass is 32.1. The third-order valence-electron chi connectivity index (χ3n) is 2.68. The van der Waals surface area contributed by atoms with Crippen molar-refractivity contribution in [2.75, 3.05) is 0 Å². The minimum absolute atomic E-state index is 0.00850. The topological polar surface area (TPSA) is 47.0 Å². The Morgan fingerprint density at radius 1 is 1.25 bits per heavy atom. The number of carbonyl (C=O) groups excluding carboxylic acids is 2. The summed E-state index contributed by atoms with van der Waals surface area (Å²) in [6.45, 7) is 1.84. The van der Waals surface area contributed by atoms with Gasteiger partial charge in [-0.25, -0.2) is 0 Å². The summed E-state index contributed by atoms with van der Waals surface area (Å²) in [6, 6.07) is 0. The fourth-order valence-corrected chi connectivity index (χ4v) is 2.23. The second-order valence-electron chi connectivity index (χ2n) is 4.09. The highest BCUT2D eigenvalue weighted by molar-refractivity contribution is 7.97. The van der Waals surface area contributed by atoms with E-state index < -0.39 is 27.7 Å². The van der Waals surface area contributed by atoms with Crippen LogP contribution in [-0.2, 0) is 12.6 Å². The monoisotopic (exact) mass is 323 g/mol. The van der Waals surface area contributed by atoms with Crippen molar-refractivity contribution in [3.05, 3.63) is 28.6 Å². The summed E-state index contributed by atoms with van der Waals surface area (Å²) < 4.78 is 38.7. The summed E-state index contributed by atoms with van der Waals surface area (Å²) in [5, 5.41) is -1.79. The lowest BCUT2D eigenvalue weighted by atomic mass is 9.97. The average molecular weight is 323 g/mol. The van der Waals surface area contributed by atoms with Crippen LogP contribution in [0, 0.1) is 0 Å². The number of hydrogen-bond acceptors (Lipinski definition) is 3. The van der Waals surface area contributed by atoms with Crippen molar-refractivity contribution in [3.8, 4) is 0 Å². The first-order valence-electron chi connectivity index (χ1n) is 5.75. The molecule has 0 aliphatic heterocycles. The zero-order valence-corrected chi connectivity index (χ0v) is 12.3. The first-order valence-corrected chi connectivity index (χ1v) is 6.65. The van der Waals surface area contributed by atoms with Gasteiger partial charge in [0.15, 0.2) is 5.69 Å². The van der Waals surface area contributed by atoms with Crippen LogP contribution in [0.1, 0.15) is 51.7 Å². The van der Waals surface area contributed by atoms with Gasteiger partial charge in [-0.15, -0.1) is 25.3 Å². The summed E-state index contributed by atoms with van der Waals surface area (Å²) in [4.78, 5) is 26.0. The van der Waals surface area contributed by atoms with E-state index in [4.69, 9.17) is 0 Å². The van der Waals surface area contributed by atoms with Crippen molar-refractivity contribution in [2.45, 2.75) is 32.4 Å². The predicted molar refractivity (Wildman–Crippen MR) is 74.5 cm³/mol. The molecule has 1 aromatic heterocycles. The third kappa shape index (κ3) is 3.76. The van der Waals surface area contributed by atoms with E-state index in [0.29, 0.717) is 12.8 Å². The van der Waals surface area contributed by atoms with E-state index in [-0.39, 0.29) is 17.5 Å². The SMILES string of the molecule is CCCCc1c(C(=O)S)cnc(C(F)(F)F)c1C(=O)S. The van der Waals surface area contributed by atoms with Gasteiger partial charge < -0.3 is 0 Å². The Kier molecular flexibility index (Phi) is 5.64. The Labute approximate surface area is 124 Å². The number of hydrogen-bond donors (Lipinski definition) is 2. The molecule has 0 fully saturated rings. The molecule has 0 aliphatic carbocycles. The van der Waals surface area contributed by atoms with E-state index in [1.54, 1.807) is 0 Å². The highest BCUT2D eigenvalue weighted by Crippen LogP contribution is 2.34. The van der Waals surface area contributed by atoms with Gasteiger partial charge in [0.25, 0.3) is 0 Å². The summed E-state index contributed by atoms with van der Waals surface area (Å²) in [7, 11) is 0. The van der Waals surface area contributed by atoms with Crippen LogP contribution in [0.15, 0.2) is 6.20 Å². The number of rotatable bonds is 5. The van der Waals surface area contributed by atoms with E-state index in [1.165, 1.54) is 0 Å². The van der Waals surface area contributed by atoms with Gasteiger partial charge in [0, 0.05) is 6.20 Å². The largest absolute Gasteiger partial charge is 0.434 e. The zero-order valence-electron chi connectivity index (χ0n) is 10.5. The molecule has 0 unspecified atom stereocenters. The molecule has 0 atom stereocenters. The molecule has 0 saturated heterocycles. The van der Waals surface area contributed by atoms with Gasteiger partial charge >= 0.3 is 6.18 Å². The molecule has 20 heavy (non-hydrogen) atoms. The van der Waals surface area contributed by atoms with Gasteiger partial charge in [-0.2, -0.15) is 13.2 Å². The summed E-state index contributed by atoms with van der Waals surface area (Å²) in [5.41, 5.74) is -2.06. The molecule has 8 heteroatoms. The minimum Gasteiger partial charge on any atom is -0.282 e. The van der Waals surface area contributed by atoms with Crippen molar-refractivity contribution >= 4 is 35.5 Å². The molecule has 0 bridgehead atoms. The molecular weight excluding hydrogens is 311 g/mol. The minimum atomic E-state index is -4.78. The standard InChI is InChI=1S/C12H12F3NO2S2/c1-2-3-4-6-7(10(17)19)5-16-9(12(13,14)15)8(6)11(18)20/h5H,2-4H2,1H3,(H,17,19)(H,18,20). The van der Waals surface area contributed by atoms with Gasteiger partial charge in [-0.1, -0.05) is 13.3 Å². The van der Waals surface area contributed by atoms with Gasteiger partial charge in [0.1, 0.15) is 0 Å². The molecular formula is C12H12F3NO2S2. The quantitative estimate of drug-likeness (QED) is 0.814. The lowest BCUT2D eigenvalue weighted by Gasteiger charge is -2.16. The lowest BCUT2D eigenvalue weighted by molar-refractivity contribution is -0.141. The molecule has 0 saturated carbocycles. The molecule has 1 aromatic rings. The molecule has 110 valence electrons.